The van der Waals surface area contributed by atoms with Gasteiger partial charge < -0.3 is 5.11 Å². The fourth-order valence-corrected chi connectivity index (χ4v) is 2.90. The molecule has 2 aromatic rings. The summed E-state index contributed by atoms with van der Waals surface area (Å²) in [6.07, 6.45) is -0.758. The zero-order chi connectivity index (χ0) is 15.5. The van der Waals surface area contributed by atoms with Gasteiger partial charge in [0.05, 0.1) is 11.0 Å². The number of aliphatic hydroxyl groups is 1. The van der Waals surface area contributed by atoms with Gasteiger partial charge in [0.25, 0.3) is 0 Å². The Bertz CT molecular complexity index is 729. The Hall–Kier alpha value is -1.76. The van der Waals surface area contributed by atoms with Crippen LogP contribution in [-0.2, 0) is 16.6 Å². The number of hydrogen-bond donors (Lipinski definition) is 2. The molecule has 21 heavy (non-hydrogen) atoms. The topological polar surface area (TPSA) is 66.4 Å². The van der Waals surface area contributed by atoms with Gasteiger partial charge in [-0.1, -0.05) is 30.3 Å². The Balaban J connectivity index is 2.19. The molecular weight excluding hydrogens is 293 g/mol. The van der Waals surface area contributed by atoms with Gasteiger partial charge in [-0.25, -0.2) is 17.5 Å². The second-order valence-electron chi connectivity index (χ2n) is 4.66. The summed E-state index contributed by atoms with van der Waals surface area (Å²) in [6, 6.07) is 12.0. The van der Waals surface area contributed by atoms with Gasteiger partial charge in [0.2, 0.25) is 10.0 Å². The van der Waals surface area contributed by atoms with Gasteiger partial charge in [0.15, 0.2) is 0 Å². The summed E-state index contributed by atoms with van der Waals surface area (Å²) in [5.74, 6) is -0.460. The maximum Gasteiger partial charge on any atom is 0.240 e. The van der Waals surface area contributed by atoms with E-state index in [4.69, 9.17) is 0 Å². The van der Waals surface area contributed by atoms with E-state index >= 15 is 0 Å². The number of benzene rings is 2. The van der Waals surface area contributed by atoms with Crippen LogP contribution in [0, 0.1) is 5.82 Å². The Labute approximate surface area is 123 Å². The van der Waals surface area contributed by atoms with Crippen LogP contribution in [0.5, 0.6) is 0 Å². The third-order valence-corrected chi connectivity index (χ3v) is 4.46. The minimum absolute atomic E-state index is 0.0391. The molecule has 2 N–H and O–H groups in total. The van der Waals surface area contributed by atoms with Crippen LogP contribution in [0.1, 0.15) is 24.2 Å². The van der Waals surface area contributed by atoms with E-state index in [1.165, 1.54) is 24.3 Å². The normalized spacial score (nSPS) is 13.1. The molecule has 2 aromatic carbocycles. The lowest BCUT2D eigenvalue weighted by Gasteiger charge is -2.10. The molecular formula is C15H16FNO3S. The van der Waals surface area contributed by atoms with Gasteiger partial charge in [-0.2, -0.15) is 0 Å². The Morgan fingerprint density at radius 3 is 2.57 bits per heavy atom. The molecule has 0 amide bonds. The van der Waals surface area contributed by atoms with Crippen molar-refractivity contribution < 1.29 is 17.9 Å². The highest BCUT2D eigenvalue weighted by Gasteiger charge is 2.15. The number of rotatable bonds is 5. The lowest BCUT2D eigenvalue weighted by Crippen LogP contribution is -2.23. The lowest BCUT2D eigenvalue weighted by molar-refractivity contribution is 0.199. The van der Waals surface area contributed by atoms with E-state index in [-0.39, 0.29) is 17.0 Å². The molecule has 1 atom stereocenters. The predicted octanol–water partition coefficient (Wildman–Crippen LogP) is 2.36. The van der Waals surface area contributed by atoms with Gasteiger partial charge in [0, 0.05) is 12.1 Å². The van der Waals surface area contributed by atoms with E-state index in [1.807, 2.05) is 0 Å². The third kappa shape index (κ3) is 3.87. The first-order valence-corrected chi connectivity index (χ1v) is 7.89. The molecule has 0 fully saturated rings. The van der Waals surface area contributed by atoms with Crippen molar-refractivity contribution in [2.75, 3.05) is 0 Å². The molecule has 0 spiro atoms. The summed E-state index contributed by atoms with van der Waals surface area (Å²) < 4.78 is 40.2. The summed E-state index contributed by atoms with van der Waals surface area (Å²) in [6.45, 7) is 1.42. The Kier molecular flexibility index (Phi) is 4.72. The zero-order valence-corrected chi connectivity index (χ0v) is 12.3. The van der Waals surface area contributed by atoms with Crippen molar-refractivity contribution in [2.24, 2.45) is 0 Å². The van der Waals surface area contributed by atoms with Crippen LogP contribution in [0.15, 0.2) is 53.4 Å². The second-order valence-corrected chi connectivity index (χ2v) is 6.43. The van der Waals surface area contributed by atoms with Crippen molar-refractivity contribution in [3.8, 4) is 0 Å². The molecule has 0 heterocycles. The fourth-order valence-electron chi connectivity index (χ4n) is 1.84. The fraction of sp³-hybridized carbons (Fsp3) is 0.200. The number of halogens is 1. The Morgan fingerprint density at radius 1 is 1.19 bits per heavy atom. The molecule has 0 bridgehead atoms. The van der Waals surface area contributed by atoms with Crippen LogP contribution in [0.2, 0.25) is 0 Å². The quantitative estimate of drug-likeness (QED) is 0.891. The molecule has 0 radical (unpaired) electrons. The summed E-state index contributed by atoms with van der Waals surface area (Å²) >= 11 is 0. The maximum absolute atomic E-state index is 13.5. The Morgan fingerprint density at radius 2 is 1.90 bits per heavy atom. The van der Waals surface area contributed by atoms with Crippen molar-refractivity contribution in [3.63, 3.8) is 0 Å². The van der Waals surface area contributed by atoms with Crippen LogP contribution in [0.3, 0.4) is 0 Å². The summed E-state index contributed by atoms with van der Waals surface area (Å²) in [7, 11) is -3.76. The van der Waals surface area contributed by atoms with Crippen molar-refractivity contribution in [1.82, 2.24) is 4.72 Å². The van der Waals surface area contributed by atoms with Gasteiger partial charge >= 0.3 is 0 Å². The molecule has 0 aliphatic rings. The highest BCUT2D eigenvalue weighted by Crippen LogP contribution is 2.17. The first kappa shape index (κ1) is 15.6. The molecule has 1 unspecified atom stereocenters. The average molecular weight is 309 g/mol. The molecule has 2 rings (SSSR count). The van der Waals surface area contributed by atoms with Crippen LogP contribution in [0.4, 0.5) is 4.39 Å². The standard InChI is InChI=1S/C15H16FNO3S/c1-11(18)12-6-4-7-14(9-12)21(19,20)17-10-13-5-2-3-8-15(13)16/h2-9,11,17-18H,10H2,1H3. The van der Waals surface area contributed by atoms with Crippen molar-refractivity contribution in [1.29, 1.82) is 0 Å². The highest BCUT2D eigenvalue weighted by atomic mass is 32.2. The zero-order valence-electron chi connectivity index (χ0n) is 11.5. The molecule has 0 aliphatic heterocycles. The molecule has 0 saturated heterocycles. The van der Waals surface area contributed by atoms with Gasteiger partial charge in [-0.05, 0) is 30.7 Å². The van der Waals surface area contributed by atoms with Gasteiger partial charge in [0.1, 0.15) is 5.82 Å². The average Bonchev–Trinajstić information content (AvgIpc) is 2.46. The predicted molar refractivity (Wildman–Crippen MR) is 77.5 cm³/mol. The molecule has 0 saturated carbocycles. The molecule has 4 nitrogen and oxygen atoms in total. The number of hydrogen-bond acceptors (Lipinski definition) is 3. The summed E-state index contributed by atoms with van der Waals surface area (Å²) in [5.41, 5.74) is 0.775. The molecule has 112 valence electrons. The van der Waals surface area contributed by atoms with E-state index in [9.17, 15) is 17.9 Å². The first-order chi connectivity index (χ1) is 9.90. The second kappa shape index (κ2) is 6.34. The minimum Gasteiger partial charge on any atom is -0.389 e. The van der Waals surface area contributed by atoms with Gasteiger partial charge in [-0.15, -0.1) is 0 Å². The highest BCUT2D eigenvalue weighted by molar-refractivity contribution is 7.89. The third-order valence-electron chi connectivity index (χ3n) is 3.06. The van der Waals surface area contributed by atoms with Crippen molar-refractivity contribution in [3.05, 3.63) is 65.5 Å². The van der Waals surface area contributed by atoms with Gasteiger partial charge in [-0.3, -0.25) is 0 Å². The monoisotopic (exact) mass is 309 g/mol. The largest absolute Gasteiger partial charge is 0.389 e. The van der Waals surface area contributed by atoms with Crippen molar-refractivity contribution in [2.45, 2.75) is 24.5 Å². The molecule has 0 aromatic heterocycles. The number of aliphatic hydroxyl groups excluding tert-OH is 1. The van der Waals surface area contributed by atoms with Crippen LogP contribution in [0.25, 0.3) is 0 Å². The maximum atomic E-state index is 13.5. The summed E-state index contributed by atoms with van der Waals surface area (Å²) in [5, 5.41) is 9.49. The van der Waals surface area contributed by atoms with E-state index in [1.54, 1.807) is 31.2 Å². The number of sulfonamides is 1. The van der Waals surface area contributed by atoms with Crippen LogP contribution >= 0.6 is 0 Å². The molecule has 6 heteroatoms. The van der Waals surface area contributed by atoms with E-state index in [0.717, 1.165) is 0 Å². The van der Waals surface area contributed by atoms with Crippen molar-refractivity contribution >= 4 is 10.0 Å². The lowest BCUT2D eigenvalue weighted by atomic mass is 10.1. The number of nitrogens with one attached hydrogen (secondary N) is 1. The van der Waals surface area contributed by atoms with Crippen LogP contribution < -0.4 is 4.72 Å². The van der Waals surface area contributed by atoms with E-state index in [2.05, 4.69) is 4.72 Å². The smallest absolute Gasteiger partial charge is 0.240 e. The van der Waals surface area contributed by atoms with E-state index < -0.39 is 21.9 Å². The van der Waals surface area contributed by atoms with E-state index in [0.29, 0.717) is 5.56 Å². The van der Waals surface area contributed by atoms with Crippen LogP contribution in [-0.4, -0.2) is 13.5 Å². The molecule has 0 aliphatic carbocycles. The minimum atomic E-state index is -3.76. The SMILES string of the molecule is CC(O)c1cccc(S(=O)(=O)NCc2ccccc2F)c1. The summed E-state index contributed by atoms with van der Waals surface area (Å²) in [4.78, 5) is 0.0391. The first-order valence-electron chi connectivity index (χ1n) is 6.41.